The molecule has 1 unspecified atom stereocenters. The van der Waals surface area contributed by atoms with E-state index in [0.717, 1.165) is 31.6 Å². The van der Waals surface area contributed by atoms with E-state index in [-0.39, 0.29) is 11.8 Å². The number of carbonyl (C=O) groups is 2. The smallest absolute Gasteiger partial charge is 0.247 e. The molecule has 0 aromatic heterocycles. The average Bonchev–Trinajstić information content (AvgIpc) is 3.00. The number of nitrogens with one attached hydrogen (secondary N) is 1. The number of rotatable bonds is 5. The van der Waals surface area contributed by atoms with Gasteiger partial charge in [0.25, 0.3) is 0 Å². The molecule has 2 fully saturated rings. The number of carbonyl (C=O) groups excluding carboxylic acids is 2. The van der Waals surface area contributed by atoms with Crippen LogP contribution >= 0.6 is 0 Å². The van der Waals surface area contributed by atoms with E-state index in [9.17, 15) is 9.59 Å². The molecule has 2 saturated heterocycles. The first-order valence-corrected chi connectivity index (χ1v) is 9.09. The number of benzene rings is 1. The van der Waals surface area contributed by atoms with Gasteiger partial charge in [-0.25, -0.2) is 0 Å². The van der Waals surface area contributed by atoms with Crippen molar-refractivity contribution in [2.75, 3.05) is 32.7 Å². The normalized spacial score (nSPS) is 21.4. The third-order valence-electron chi connectivity index (χ3n) is 5.10. The fourth-order valence-electron chi connectivity index (χ4n) is 3.41. The van der Waals surface area contributed by atoms with Crippen molar-refractivity contribution in [2.24, 2.45) is 5.92 Å². The summed E-state index contributed by atoms with van der Waals surface area (Å²) < 4.78 is 10.8. The Morgan fingerprint density at radius 1 is 1.31 bits per heavy atom. The molecule has 2 heterocycles. The molecule has 2 aliphatic rings. The molecule has 0 radical (unpaired) electrons. The molecule has 1 N–H and O–H groups in total. The molecule has 140 valence electrons. The standard InChI is InChI=1S/C20H26N2O4/c1-22-17(6-8-19(22)23)20(24)21-16-13-15(5-7-18(16)25-2)4-3-14-9-11-26-12-10-14/h3-5,7,13-14,17H,6,8-12H2,1-2H3,(H,21,24)/b4-3+. The van der Waals surface area contributed by atoms with Gasteiger partial charge in [0.1, 0.15) is 11.8 Å². The second-order valence-electron chi connectivity index (χ2n) is 6.82. The van der Waals surface area contributed by atoms with Crippen LogP contribution in [0.1, 0.15) is 31.2 Å². The monoisotopic (exact) mass is 358 g/mol. The molecule has 6 heteroatoms. The van der Waals surface area contributed by atoms with Crippen LogP contribution < -0.4 is 10.1 Å². The molecule has 2 amide bonds. The van der Waals surface area contributed by atoms with Gasteiger partial charge in [-0.1, -0.05) is 18.2 Å². The van der Waals surface area contributed by atoms with Crippen LogP contribution in [-0.2, 0) is 14.3 Å². The Balaban J connectivity index is 1.72. The van der Waals surface area contributed by atoms with Gasteiger partial charge in [-0.15, -0.1) is 0 Å². The molecule has 26 heavy (non-hydrogen) atoms. The van der Waals surface area contributed by atoms with Crippen LogP contribution in [0.5, 0.6) is 5.75 Å². The zero-order valence-electron chi connectivity index (χ0n) is 15.4. The minimum Gasteiger partial charge on any atom is -0.495 e. The third-order valence-corrected chi connectivity index (χ3v) is 5.10. The van der Waals surface area contributed by atoms with E-state index in [2.05, 4.69) is 17.5 Å². The number of anilines is 1. The summed E-state index contributed by atoms with van der Waals surface area (Å²) in [6, 6.07) is 5.30. The Morgan fingerprint density at radius 3 is 2.73 bits per heavy atom. The Morgan fingerprint density at radius 2 is 2.08 bits per heavy atom. The highest BCUT2D eigenvalue weighted by Gasteiger charge is 2.33. The van der Waals surface area contributed by atoms with E-state index in [1.54, 1.807) is 14.2 Å². The molecular weight excluding hydrogens is 332 g/mol. The largest absolute Gasteiger partial charge is 0.495 e. The number of hydrogen-bond donors (Lipinski definition) is 1. The first-order valence-electron chi connectivity index (χ1n) is 9.09. The van der Waals surface area contributed by atoms with E-state index in [4.69, 9.17) is 9.47 Å². The summed E-state index contributed by atoms with van der Waals surface area (Å²) in [6.07, 6.45) is 7.33. The van der Waals surface area contributed by atoms with Crippen molar-refractivity contribution in [1.82, 2.24) is 4.90 Å². The summed E-state index contributed by atoms with van der Waals surface area (Å²) in [6.45, 7) is 1.62. The molecule has 1 aromatic carbocycles. The third kappa shape index (κ3) is 4.25. The summed E-state index contributed by atoms with van der Waals surface area (Å²) >= 11 is 0. The highest BCUT2D eigenvalue weighted by molar-refractivity contribution is 6.00. The lowest BCUT2D eigenvalue weighted by Crippen LogP contribution is -2.38. The molecule has 2 aliphatic heterocycles. The number of allylic oxidation sites excluding steroid dienone is 1. The van der Waals surface area contributed by atoms with Crippen LogP contribution in [0.2, 0.25) is 0 Å². The lowest BCUT2D eigenvalue weighted by molar-refractivity contribution is -0.131. The molecule has 1 atom stereocenters. The minimum atomic E-state index is -0.423. The van der Waals surface area contributed by atoms with E-state index in [0.29, 0.717) is 30.2 Å². The fourth-order valence-corrected chi connectivity index (χ4v) is 3.41. The number of likely N-dealkylation sites (tertiary alicyclic amines) is 1. The number of likely N-dealkylation sites (N-methyl/N-ethyl adjacent to an activating group) is 1. The maximum atomic E-state index is 12.6. The molecule has 0 saturated carbocycles. The summed E-state index contributed by atoms with van der Waals surface area (Å²) in [5, 5.41) is 2.92. The Labute approximate surface area is 154 Å². The zero-order valence-corrected chi connectivity index (χ0v) is 15.4. The van der Waals surface area contributed by atoms with Crippen LogP contribution in [0.4, 0.5) is 5.69 Å². The second kappa shape index (κ2) is 8.36. The fraction of sp³-hybridized carbons (Fsp3) is 0.500. The first kappa shape index (κ1) is 18.5. The van der Waals surface area contributed by atoms with Crippen molar-refractivity contribution in [3.8, 4) is 5.75 Å². The minimum absolute atomic E-state index is 0.00487. The van der Waals surface area contributed by atoms with Gasteiger partial charge < -0.3 is 19.7 Å². The van der Waals surface area contributed by atoms with Gasteiger partial charge in [0.15, 0.2) is 0 Å². The van der Waals surface area contributed by atoms with E-state index in [1.807, 2.05) is 18.2 Å². The number of amides is 2. The van der Waals surface area contributed by atoms with Crippen LogP contribution in [0.15, 0.2) is 24.3 Å². The Kier molecular flexibility index (Phi) is 5.93. The molecule has 1 aromatic rings. The van der Waals surface area contributed by atoms with E-state index in [1.165, 1.54) is 4.90 Å². The molecule has 0 bridgehead atoms. The van der Waals surface area contributed by atoms with Gasteiger partial charge in [0, 0.05) is 26.7 Å². The van der Waals surface area contributed by atoms with Crippen molar-refractivity contribution in [3.05, 3.63) is 29.8 Å². The zero-order chi connectivity index (χ0) is 18.5. The van der Waals surface area contributed by atoms with Crippen molar-refractivity contribution in [3.63, 3.8) is 0 Å². The van der Waals surface area contributed by atoms with Gasteiger partial charge >= 0.3 is 0 Å². The molecule has 0 spiro atoms. The average molecular weight is 358 g/mol. The summed E-state index contributed by atoms with van der Waals surface area (Å²) in [4.78, 5) is 25.7. The van der Waals surface area contributed by atoms with Crippen LogP contribution in [0.3, 0.4) is 0 Å². The van der Waals surface area contributed by atoms with Gasteiger partial charge in [-0.3, -0.25) is 9.59 Å². The molecule has 6 nitrogen and oxygen atoms in total. The Hall–Kier alpha value is -2.34. The van der Waals surface area contributed by atoms with Crippen LogP contribution in [0.25, 0.3) is 6.08 Å². The van der Waals surface area contributed by atoms with Gasteiger partial charge in [-0.2, -0.15) is 0 Å². The quantitative estimate of drug-likeness (QED) is 0.879. The highest BCUT2D eigenvalue weighted by atomic mass is 16.5. The summed E-state index contributed by atoms with van der Waals surface area (Å²) in [5.41, 5.74) is 1.63. The maximum absolute atomic E-state index is 12.6. The molecule has 3 rings (SSSR count). The maximum Gasteiger partial charge on any atom is 0.247 e. The lowest BCUT2D eigenvalue weighted by Gasteiger charge is -2.20. The van der Waals surface area contributed by atoms with Crippen LogP contribution in [-0.4, -0.2) is 50.1 Å². The number of ether oxygens (including phenoxy) is 2. The predicted molar refractivity (Wildman–Crippen MR) is 100.0 cm³/mol. The Bertz CT molecular complexity index is 695. The van der Waals surface area contributed by atoms with E-state index < -0.39 is 6.04 Å². The number of hydrogen-bond acceptors (Lipinski definition) is 4. The second-order valence-corrected chi connectivity index (χ2v) is 6.82. The van der Waals surface area contributed by atoms with E-state index >= 15 is 0 Å². The number of nitrogens with zero attached hydrogens (tertiary/aromatic N) is 1. The summed E-state index contributed by atoms with van der Waals surface area (Å²) in [5.74, 6) is 0.961. The van der Waals surface area contributed by atoms with Gasteiger partial charge in [0.2, 0.25) is 11.8 Å². The van der Waals surface area contributed by atoms with Crippen LogP contribution in [0, 0.1) is 5.92 Å². The molecule has 0 aliphatic carbocycles. The predicted octanol–water partition coefficient (Wildman–Crippen LogP) is 2.69. The van der Waals surface area contributed by atoms with Crippen molar-refractivity contribution >= 4 is 23.6 Å². The highest BCUT2D eigenvalue weighted by Crippen LogP contribution is 2.28. The van der Waals surface area contributed by atoms with Crippen molar-refractivity contribution < 1.29 is 19.1 Å². The van der Waals surface area contributed by atoms with Gasteiger partial charge in [-0.05, 0) is 42.9 Å². The van der Waals surface area contributed by atoms with Crippen molar-refractivity contribution in [2.45, 2.75) is 31.7 Å². The lowest BCUT2D eigenvalue weighted by atomic mass is 9.99. The molecular formula is C20H26N2O4. The van der Waals surface area contributed by atoms with Crippen molar-refractivity contribution in [1.29, 1.82) is 0 Å². The number of methoxy groups -OCH3 is 1. The first-order chi connectivity index (χ1) is 12.6. The van der Waals surface area contributed by atoms with Gasteiger partial charge in [0.05, 0.1) is 12.8 Å². The SMILES string of the molecule is COc1ccc(/C=C/C2CCOCC2)cc1NC(=O)C1CCC(=O)N1C. The summed E-state index contributed by atoms with van der Waals surface area (Å²) in [7, 11) is 3.25. The topological polar surface area (TPSA) is 67.9 Å².